The number of benzene rings is 1. The molecule has 0 heterocycles. The number of hydrogen-bond acceptors (Lipinski definition) is 4. The van der Waals surface area contributed by atoms with Gasteiger partial charge in [-0.15, -0.1) is 0 Å². The Morgan fingerprint density at radius 1 is 1.24 bits per heavy atom. The van der Waals surface area contributed by atoms with Crippen molar-refractivity contribution in [1.29, 1.82) is 0 Å². The minimum absolute atomic E-state index is 0.183. The number of hydrogen-bond donors (Lipinski definition) is 1. The molecule has 1 unspecified atom stereocenters. The molecule has 0 fully saturated rings. The molecule has 0 aromatic heterocycles. The predicted octanol–water partition coefficient (Wildman–Crippen LogP) is 3.48. The van der Waals surface area contributed by atoms with Gasteiger partial charge in [-0.1, -0.05) is 11.6 Å². The van der Waals surface area contributed by atoms with E-state index in [1.165, 1.54) is 0 Å². The maximum Gasteiger partial charge on any atom is 0.408 e. The van der Waals surface area contributed by atoms with Gasteiger partial charge in [0.05, 0.1) is 6.61 Å². The van der Waals surface area contributed by atoms with E-state index in [4.69, 9.17) is 21.1 Å². The number of halogens is 1. The average molecular weight is 371 g/mol. The van der Waals surface area contributed by atoms with Crippen LogP contribution in [0.4, 0.5) is 4.79 Å². The lowest BCUT2D eigenvalue weighted by atomic mass is 10.2. The summed E-state index contributed by atoms with van der Waals surface area (Å²) in [4.78, 5) is 25.5. The van der Waals surface area contributed by atoms with E-state index >= 15 is 0 Å². The smallest absolute Gasteiger partial charge is 0.408 e. The third-order valence-electron chi connectivity index (χ3n) is 3.20. The predicted molar refractivity (Wildman–Crippen MR) is 98.0 cm³/mol. The van der Waals surface area contributed by atoms with Crippen molar-refractivity contribution < 1.29 is 19.1 Å². The lowest BCUT2D eigenvalue weighted by Gasteiger charge is -2.24. The highest BCUT2D eigenvalue weighted by atomic mass is 35.5. The lowest BCUT2D eigenvalue weighted by Crippen LogP contribution is -2.47. The molecule has 0 radical (unpaired) electrons. The van der Waals surface area contributed by atoms with Gasteiger partial charge in [-0.05, 0) is 58.4 Å². The molecule has 7 heteroatoms. The summed E-state index contributed by atoms with van der Waals surface area (Å²) < 4.78 is 10.7. The second-order valence-corrected chi connectivity index (χ2v) is 7.22. The van der Waals surface area contributed by atoms with Crippen molar-refractivity contribution in [2.45, 2.75) is 45.8 Å². The van der Waals surface area contributed by atoms with Crippen LogP contribution in [-0.4, -0.2) is 48.7 Å². The van der Waals surface area contributed by atoms with Gasteiger partial charge in [0.2, 0.25) is 5.91 Å². The fraction of sp³-hybridized carbons (Fsp3) is 0.556. The molecule has 0 spiro atoms. The van der Waals surface area contributed by atoms with Crippen LogP contribution in [0, 0.1) is 0 Å². The second-order valence-electron chi connectivity index (χ2n) is 6.78. The molecule has 0 saturated carbocycles. The third-order valence-corrected chi connectivity index (χ3v) is 3.45. The zero-order valence-corrected chi connectivity index (χ0v) is 16.2. The number of nitrogens with one attached hydrogen (secondary N) is 1. The summed E-state index contributed by atoms with van der Waals surface area (Å²) in [5, 5.41) is 3.20. The quantitative estimate of drug-likeness (QED) is 0.746. The van der Waals surface area contributed by atoms with Crippen molar-refractivity contribution in [3.63, 3.8) is 0 Å². The number of nitrogens with zero attached hydrogens (tertiary/aromatic N) is 1. The van der Waals surface area contributed by atoms with E-state index in [2.05, 4.69) is 5.32 Å². The van der Waals surface area contributed by atoms with E-state index in [1.54, 1.807) is 63.9 Å². The Morgan fingerprint density at radius 2 is 1.84 bits per heavy atom. The Morgan fingerprint density at radius 3 is 2.40 bits per heavy atom. The Labute approximate surface area is 154 Å². The topological polar surface area (TPSA) is 67.9 Å². The number of rotatable bonds is 7. The van der Waals surface area contributed by atoms with Crippen molar-refractivity contribution in [3.8, 4) is 5.75 Å². The molecule has 0 aliphatic heterocycles. The molecule has 1 aromatic carbocycles. The number of amides is 2. The molecule has 0 aliphatic carbocycles. The minimum Gasteiger partial charge on any atom is -0.494 e. The highest BCUT2D eigenvalue weighted by molar-refractivity contribution is 6.30. The first-order chi connectivity index (χ1) is 11.6. The van der Waals surface area contributed by atoms with E-state index in [-0.39, 0.29) is 5.91 Å². The number of likely N-dealkylation sites (N-methyl/N-ethyl adjacent to an activating group) is 1. The highest BCUT2D eigenvalue weighted by Gasteiger charge is 2.22. The SMILES string of the molecule is CC(NC(=O)OC(C)(C)C)C(=O)N(C)CCCOc1ccc(Cl)cc1. The van der Waals surface area contributed by atoms with Gasteiger partial charge in [0, 0.05) is 18.6 Å². The van der Waals surface area contributed by atoms with Gasteiger partial charge in [-0.2, -0.15) is 0 Å². The first kappa shape index (κ1) is 21.1. The van der Waals surface area contributed by atoms with Crippen LogP contribution in [0.3, 0.4) is 0 Å². The monoisotopic (exact) mass is 370 g/mol. The standard InChI is InChI=1S/C18H27ClN2O4/c1-13(20-17(23)25-18(2,3)4)16(22)21(5)11-6-12-24-15-9-7-14(19)8-10-15/h7-10,13H,6,11-12H2,1-5H3,(H,20,23). The van der Waals surface area contributed by atoms with E-state index in [0.29, 0.717) is 24.6 Å². The highest BCUT2D eigenvalue weighted by Crippen LogP contribution is 2.15. The molecule has 1 atom stereocenters. The summed E-state index contributed by atoms with van der Waals surface area (Å²) in [7, 11) is 1.69. The zero-order chi connectivity index (χ0) is 19.0. The molecule has 0 aliphatic rings. The first-order valence-electron chi connectivity index (χ1n) is 8.21. The normalized spacial score (nSPS) is 12.2. The van der Waals surface area contributed by atoms with Gasteiger partial charge in [-0.25, -0.2) is 4.79 Å². The molecular formula is C18H27ClN2O4. The van der Waals surface area contributed by atoms with E-state index < -0.39 is 17.7 Å². The van der Waals surface area contributed by atoms with Gasteiger partial charge >= 0.3 is 6.09 Å². The van der Waals surface area contributed by atoms with Gasteiger partial charge in [0.25, 0.3) is 0 Å². The summed E-state index contributed by atoms with van der Waals surface area (Å²) in [6.07, 6.45) is 0.0668. The molecule has 0 saturated heterocycles. The number of alkyl carbamates (subject to hydrolysis) is 1. The largest absolute Gasteiger partial charge is 0.494 e. The summed E-state index contributed by atoms with van der Waals surface area (Å²) >= 11 is 5.81. The Hall–Kier alpha value is -1.95. The minimum atomic E-state index is -0.656. The summed E-state index contributed by atoms with van der Waals surface area (Å²) in [6.45, 7) is 7.94. The van der Waals surface area contributed by atoms with Crippen LogP contribution in [0.1, 0.15) is 34.1 Å². The lowest BCUT2D eigenvalue weighted by molar-refractivity contribution is -0.131. The molecule has 6 nitrogen and oxygen atoms in total. The van der Waals surface area contributed by atoms with Crippen molar-refractivity contribution in [3.05, 3.63) is 29.3 Å². The van der Waals surface area contributed by atoms with Crippen molar-refractivity contribution in [2.75, 3.05) is 20.2 Å². The first-order valence-corrected chi connectivity index (χ1v) is 8.59. The molecule has 1 rings (SSSR count). The van der Waals surface area contributed by atoms with Gasteiger partial charge in [0.1, 0.15) is 17.4 Å². The van der Waals surface area contributed by atoms with E-state index in [0.717, 1.165) is 5.75 Å². The maximum absolute atomic E-state index is 12.2. The molecule has 0 bridgehead atoms. The van der Waals surface area contributed by atoms with Crippen LogP contribution >= 0.6 is 11.6 Å². The van der Waals surface area contributed by atoms with E-state index in [1.807, 2.05) is 0 Å². The van der Waals surface area contributed by atoms with Crippen molar-refractivity contribution in [2.24, 2.45) is 0 Å². The van der Waals surface area contributed by atoms with Gasteiger partial charge < -0.3 is 19.7 Å². The molecule has 1 N–H and O–H groups in total. The van der Waals surface area contributed by atoms with Gasteiger partial charge in [-0.3, -0.25) is 4.79 Å². The van der Waals surface area contributed by atoms with Crippen LogP contribution in [0.2, 0.25) is 5.02 Å². The maximum atomic E-state index is 12.2. The molecular weight excluding hydrogens is 344 g/mol. The van der Waals surface area contributed by atoms with E-state index in [9.17, 15) is 9.59 Å². The van der Waals surface area contributed by atoms with Crippen molar-refractivity contribution >= 4 is 23.6 Å². The number of carbonyl (C=O) groups is 2. The van der Waals surface area contributed by atoms with Crippen LogP contribution in [0.25, 0.3) is 0 Å². The Balaban J connectivity index is 2.30. The van der Waals surface area contributed by atoms with Gasteiger partial charge in [0.15, 0.2) is 0 Å². The van der Waals surface area contributed by atoms with Crippen LogP contribution in [-0.2, 0) is 9.53 Å². The van der Waals surface area contributed by atoms with Crippen LogP contribution in [0.5, 0.6) is 5.75 Å². The number of ether oxygens (including phenoxy) is 2. The molecule has 1 aromatic rings. The molecule has 140 valence electrons. The molecule has 2 amide bonds. The molecule has 25 heavy (non-hydrogen) atoms. The summed E-state index contributed by atoms with van der Waals surface area (Å²) in [5.41, 5.74) is -0.599. The zero-order valence-electron chi connectivity index (χ0n) is 15.5. The second kappa shape index (κ2) is 9.51. The number of carbonyl (C=O) groups excluding carboxylic acids is 2. The average Bonchev–Trinajstić information content (AvgIpc) is 2.50. The fourth-order valence-corrected chi connectivity index (χ4v) is 2.14. The summed E-state index contributed by atoms with van der Waals surface area (Å²) in [5.74, 6) is 0.552. The fourth-order valence-electron chi connectivity index (χ4n) is 2.01. The Bertz CT molecular complexity index is 569. The third kappa shape index (κ3) is 8.63. The Kier molecular flexibility index (Phi) is 8.03. The van der Waals surface area contributed by atoms with Crippen LogP contribution in [0.15, 0.2) is 24.3 Å². The van der Waals surface area contributed by atoms with Crippen LogP contribution < -0.4 is 10.1 Å². The van der Waals surface area contributed by atoms with Crippen molar-refractivity contribution in [1.82, 2.24) is 10.2 Å². The summed E-state index contributed by atoms with van der Waals surface area (Å²) in [6, 6.07) is 6.46.